The SMILES string of the molecule is OC1CCCN(c2nc3nonc3nc2N2CCCCCC2)C1. The first kappa shape index (κ1) is 14.6. The highest BCUT2D eigenvalue weighted by atomic mass is 16.6. The Bertz CT molecular complexity index is 631. The molecule has 4 rings (SSSR count). The third-order valence-corrected chi connectivity index (χ3v) is 4.68. The number of aromatic nitrogens is 4. The van der Waals surface area contributed by atoms with Crippen molar-refractivity contribution < 1.29 is 9.74 Å². The number of aliphatic hydroxyl groups excluding tert-OH is 1. The Morgan fingerprint density at radius 3 is 2.09 bits per heavy atom. The van der Waals surface area contributed by atoms with E-state index in [4.69, 9.17) is 4.63 Å². The zero-order valence-corrected chi connectivity index (χ0v) is 13.2. The maximum Gasteiger partial charge on any atom is 0.245 e. The number of rotatable bonds is 2. The quantitative estimate of drug-likeness (QED) is 0.887. The molecule has 2 aromatic heterocycles. The Kier molecular flexibility index (Phi) is 3.99. The number of nitrogens with zero attached hydrogens (tertiary/aromatic N) is 6. The lowest BCUT2D eigenvalue weighted by molar-refractivity contribution is 0.154. The lowest BCUT2D eigenvalue weighted by atomic mass is 10.1. The van der Waals surface area contributed by atoms with Crippen molar-refractivity contribution in [2.24, 2.45) is 0 Å². The van der Waals surface area contributed by atoms with Gasteiger partial charge in [0.15, 0.2) is 11.6 Å². The van der Waals surface area contributed by atoms with Gasteiger partial charge in [0.1, 0.15) is 0 Å². The number of hydrogen-bond donors (Lipinski definition) is 1. The van der Waals surface area contributed by atoms with Crippen LogP contribution >= 0.6 is 0 Å². The molecule has 0 aromatic carbocycles. The van der Waals surface area contributed by atoms with Gasteiger partial charge in [0.05, 0.1) is 6.10 Å². The average molecular weight is 318 g/mol. The smallest absolute Gasteiger partial charge is 0.245 e. The number of β-amino-alcohol motifs (C(OH)–C–C–N with tert-alkyl or cyclic N) is 1. The normalized spacial score (nSPS) is 23.3. The van der Waals surface area contributed by atoms with Crippen molar-refractivity contribution in [2.45, 2.75) is 44.6 Å². The first-order valence-electron chi connectivity index (χ1n) is 8.49. The summed E-state index contributed by atoms with van der Waals surface area (Å²) in [6.45, 7) is 3.43. The molecule has 0 bridgehead atoms. The molecule has 2 fully saturated rings. The second-order valence-corrected chi connectivity index (χ2v) is 6.43. The van der Waals surface area contributed by atoms with Crippen LogP contribution in [0.4, 0.5) is 11.6 Å². The Labute approximate surface area is 134 Å². The number of aliphatic hydroxyl groups is 1. The monoisotopic (exact) mass is 318 g/mol. The maximum absolute atomic E-state index is 10.0. The van der Waals surface area contributed by atoms with Gasteiger partial charge in [-0.1, -0.05) is 12.8 Å². The van der Waals surface area contributed by atoms with E-state index in [0.717, 1.165) is 44.1 Å². The molecule has 8 nitrogen and oxygen atoms in total. The van der Waals surface area contributed by atoms with Crippen LogP contribution in [-0.4, -0.2) is 57.7 Å². The summed E-state index contributed by atoms with van der Waals surface area (Å²) in [4.78, 5) is 13.7. The van der Waals surface area contributed by atoms with Crippen molar-refractivity contribution >= 4 is 22.9 Å². The first-order chi connectivity index (χ1) is 11.3. The van der Waals surface area contributed by atoms with Crippen molar-refractivity contribution in [3.8, 4) is 0 Å². The molecule has 0 aliphatic carbocycles. The van der Waals surface area contributed by atoms with Crippen molar-refractivity contribution in [3.63, 3.8) is 0 Å². The molecule has 1 unspecified atom stereocenters. The molecule has 0 spiro atoms. The van der Waals surface area contributed by atoms with E-state index in [2.05, 4.69) is 30.1 Å². The van der Waals surface area contributed by atoms with E-state index in [9.17, 15) is 5.11 Å². The van der Waals surface area contributed by atoms with Crippen molar-refractivity contribution in [2.75, 3.05) is 36.0 Å². The summed E-state index contributed by atoms with van der Waals surface area (Å²) in [5.74, 6) is 1.65. The van der Waals surface area contributed by atoms with Gasteiger partial charge in [-0.15, -0.1) is 0 Å². The highest BCUT2D eigenvalue weighted by Crippen LogP contribution is 2.30. The second-order valence-electron chi connectivity index (χ2n) is 6.43. The van der Waals surface area contributed by atoms with Crippen LogP contribution in [0.2, 0.25) is 0 Å². The van der Waals surface area contributed by atoms with Gasteiger partial charge in [-0.25, -0.2) is 14.6 Å². The zero-order valence-electron chi connectivity index (χ0n) is 13.2. The summed E-state index contributed by atoms with van der Waals surface area (Å²) in [6.07, 6.45) is 6.34. The molecule has 0 saturated carbocycles. The average Bonchev–Trinajstić information content (AvgIpc) is 2.85. The van der Waals surface area contributed by atoms with Crippen LogP contribution in [0.3, 0.4) is 0 Å². The minimum atomic E-state index is -0.311. The molecular weight excluding hydrogens is 296 g/mol. The molecule has 2 aliphatic heterocycles. The van der Waals surface area contributed by atoms with Gasteiger partial charge in [-0.2, -0.15) is 0 Å². The van der Waals surface area contributed by atoms with Gasteiger partial charge in [0, 0.05) is 26.2 Å². The maximum atomic E-state index is 10.0. The van der Waals surface area contributed by atoms with E-state index in [1.54, 1.807) is 0 Å². The van der Waals surface area contributed by atoms with E-state index < -0.39 is 0 Å². The molecule has 8 heteroatoms. The Balaban J connectivity index is 1.74. The van der Waals surface area contributed by atoms with Crippen LogP contribution < -0.4 is 9.80 Å². The Morgan fingerprint density at radius 1 is 0.826 bits per heavy atom. The molecule has 124 valence electrons. The van der Waals surface area contributed by atoms with Crippen LogP contribution in [0.25, 0.3) is 11.3 Å². The van der Waals surface area contributed by atoms with E-state index >= 15 is 0 Å². The minimum absolute atomic E-state index is 0.311. The molecule has 2 saturated heterocycles. The van der Waals surface area contributed by atoms with Crippen LogP contribution in [0, 0.1) is 0 Å². The summed E-state index contributed by atoms with van der Waals surface area (Å²) in [6, 6.07) is 0. The van der Waals surface area contributed by atoms with Gasteiger partial charge in [0.2, 0.25) is 11.3 Å². The summed E-state index contributed by atoms with van der Waals surface area (Å²) in [5.41, 5.74) is 0.879. The standard InChI is InChI=1S/C15H22N6O2/c22-11-6-5-9-21(10-11)15-14(20-7-3-1-2-4-8-20)16-12-13(17-15)19-23-18-12/h11,22H,1-10H2. The highest BCUT2D eigenvalue weighted by Gasteiger charge is 2.26. The van der Waals surface area contributed by atoms with Crippen molar-refractivity contribution in [1.82, 2.24) is 20.3 Å². The van der Waals surface area contributed by atoms with Gasteiger partial charge >= 0.3 is 0 Å². The summed E-state index contributed by atoms with van der Waals surface area (Å²) >= 11 is 0. The second kappa shape index (κ2) is 6.27. The molecule has 1 atom stereocenters. The minimum Gasteiger partial charge on any atom is -0.391 e. The summed E-state index contributed by atoms with van der Waals surface area (Å²) in [7, 11) is 0. The van der Waals surface area contributed by atoms with Crippen LogP contribution in [-0.2, 0) is 0 Å². The largest absolute Gasteiger partial charge is 0.391 e. The fraction of sp³-hybridized carbons (Fsp3) is 0.733. The van der Waals surface area contributed by atoms with Gasteiger partial charge in [-0.05, 0) is 36.0 Å². The molecule has 4 heterocycles. The Hall–Kier alpha value is -1.96. The van der Waals surface area contributed by atoms with Crippen molar-refractivity contribution in [1.29, 1.82) is 0 Å². The van der Waals surface area contributed by atoms with Crippen LogP contribution in [0.15, 0.2) is 4.63 Å². The molecule has 0 radical (unpaired) electrons. The first-order valence-corrected chi connectivity index (χ1v) is 8.49. The molecular formula is C15H22N6O2. The van der Waals surface area contributed by atoms with E-state index in [-0.39, 0.29) is 6.10 Å². The zero-order chi connectivity index (χ0) is 15.6. The topological polar surface area (TPSA) is 91.4 Å². The number of anilines is 2. The van der Waals surface area contributed by atoms with E-state index in [1.165, 1.54) is 25.7 Å². The van der Waals surface area contributed by atoms with Gasteiger partial charge < -0.3 is 14.9 Å². The number of hydrogen-bond acceptors (Lipinski definition) is 8. The molecule has 2 aliphatic rings. The van der Waals surface area contributed by atoms with E-state index in [0.29, 0.717) is 17.8 Å². The molecule has 0 amide bonds. The van der Waals surface area contributed by atoms with Gasteiger partial charge in [0.25, 0.3) is 0 Å². The summed E-state index contributed by atoms with van der Waals surface area (Å²) < 4.78 is 4.78. The van der Waals surface area contributed by atoms with Crippen LogP contribution in [0.5, 0.6) is 0 Å². The van der Waals surface area contributed by atoms with E-state index in [1.807, 2.05) is 0 Å². The lowest BCUT2D eigenvalue weighted by Crippen LogP contribution is -2.40. The molecule has 1 N–H and O–H groups in total. The third kappa shape index (κ3) is 2.95. The highest BCUT2D eigenvalue weighted by molar-refractivity contribution is 5.74. The molecule has 2 aromatic rings. The molecule has 23 heavy (non-hydrogen) atoms. The Morgan fingerprint density at radius 2 is 1.43 bits per heavy atom. The predicted molar refractivity (Wildman–Crippen MR) is 85.5 cm³/mol. The third-order valence-electron chi connectivity index (χ3n) is 4.68. The van der Waals surface area contributed by atoms with Crippen molar-refractivity contribution in [3.05, 3.63) is 0 Å². The summed E-state index contributed by atoms with van der Waals surface area (Å²) in [5, 5.41) is 17.7. The van der Waals surface area contributed by atoms with Gasteiger partial charge in [-0.3, -0.25) is 0 Å². The van der Waals surface area contributed by atoms with Crippen LogP contribution in [0.1, 0.15) is 38.5 Å². The fourth-order valence-electron chi connectivity index (χ4n) is 3.47. The lowest BCUT2D eigenvalue weighted by Gasteiger charge is -2.33. The fourth-order valence-corrected chi connectivity index (χ4v) is 3.47. The predicted octanol–water partition coefficient (Wildman–Crippen LogP) is 1.35. The number of piperidine rings is 1. The number of fused-ring (bicyclic) bond motifs is 1.